The van der Waals surface area contributed by atoms with Crippen LogP contribution in [0, 0.1) is 0 Å². The molecule has 0 aromatic heterocycles. The predicted octanol–water partition coefficient (Wildman–Crippen LogP) is 2.22. The molecule has 0 atom stereocenters. The average molecular weight is 251 g/mol. The van der Waals surface area contributed by atoms with E-state index < -0.39 is 9.84 Å². The molecule has 0 radical (unpaired) electrons. The van der Waals surface area contributed by atoms with Crippen molar-refractivity contribution in [3.63, 3.8) is 0 Å². The fraction of sp³-hybridized carbons (Fsp3) is 0.538. The van der Waals surface area contributed by atoms with Crippen molar-refractivity contribution in [2.45, 2.75) is 35.8 Å². The van der Waals surface area contributed by atoms with Crippen molar-refractivity contribution < 1.29 is 8.42 Å². The van der Waals surface area contributed by atoms with Crippen LogP contribution in [0.4, 0.5) is 5.69 Å². The molecule has 0 bridgehead atoms. The van der Waals surface area contributed by atoms with Crippen LogP contribution in [-0.4, -0.2) is 26.8 Å². The van der Waals surface area contributed by atoms with Crippen LogP contribution in [-0.2, 0) is 9.84 Å². The van der Waals surface area contributed by atoms with Crippen LogP contribution >= 0.6 is 0 Å². The molecule has 1 aromatic carbocycles. The Kier molecular flexibility index (Phi) is 2.62. The Morgan fingerprint density at radius 2 is 1.59 bits per heavy atom. The number of rotatable bonds is 3. The molecule has 0 unspecified atom stereocenters. The number of sulfone groups is 1. The molecule has 0 amide bonds. The lowest BCUT2D eigenvalue weighted by molar-refractivity contribution is 0.595. The first kappa shape index (κ1) is 11.1. The SMILES string of the molecule is O=S(=O)(c1ccc(N2CCCC2)cc1)C1CC1. The first-order chi connectivity index (χ1) is 8.18. The van der Waals surface area contributed by atoms with Gasteiger partial charge in [0.05, 0.1) is 10.1 Å². The van der Waals surface area contributed by atoms with Crippen molar-refractivity contribution in [3.8, 4) is 0 Å². The molecule has 3 rings (SSSR count). The molecule has 2 fully saturated rings. The molecular weight excluding hydrogens is 234 g/mol. The van der Waals surface area contributed by atoms with Gasteiger partial charge >= 0.3 is 0 Å². The highest BCUT2D eigenvalue weighted by atomic mass is 32.2. The number of hydrogen-bond donors (Lipinski definition) is 0. The third-order valence-corrected chi connectivity index (χ3v) is 5.88. The van der Waals surface area contributed by atoms with Gasteiger partial charge < -0.3 is 4.90 Å². The molecule has 1 saturated carbocycles. The maximum atomic E-state index is 12.0. The fourth-order valence-electron chi connectivity index (χ4n) is 2.39. The van der Waals surface area contributed by atoms with E-state index >= 15 is 0 Å². The predicted molar refractivity (Wildman–Crippen MR) is 68.1 cm³/mol. The normalized spacial score (nSPS) is 20.8. The summed E-state index contributed by atoms with van der Waals surface area (Å²) in [6.07, 6.45) is 4.14. The highest BCUT2D eigenvalue weighted by molar-refractivity contribution is 7.92. The smallest absolute Gasteiger partial charge is 0.181 e. The quantitative estimate of drug-likeness (QED) is 0.826. The van der Waals surface area contributed by atoms with E-state index in [2.05, 4.69) is 4.90 Å². The van der Waals surface area contributed by atoms with Gasteiger partial charge in [0.15, 0.2) is 9.84 Å². The van der Waals surface area contributed by atoms with E-state index in [0.29, 0.717) is 4.90 Å². The summed E-state index contributed by atoms with van der Waals surface area (Å²) in [5, 5.41) is -0.111. The molecule has 1 saturated heterocycles. The molecule has 2 aliphatic rings. The monoisotopic (exact) mass is 251 g/mol. The van der Waals surface area contributed by atoms with E-state index in [1.54, 1.807) is 12.1 Å². The molecule has 17 heavy (non-hydrogen) atoms. The van der Waals surface area contributed by atoms with Crippen molar-refractivity contribution in [1.29, 1.82) is 0 Å². The molecule has 0 spiro atoms. The van der Waals surface area contributed by atoms with Crippen molar-refractivity contribution in [1.82, 2.24) is 0 Å². The van der Waals surface area contributed by atoms with Gasteiger partial charge in [0.1, 0.15) is 0 Å². The van der Waals surface area contributed by atoms with Gasteiger partial charge in [-0.1, -0.05) is 0 Å². The maximum absolute atomic E-state index is 12.0. The molecule has 1 aliphatic carbocycles. The van der Waals surface area contributed by atoms with Crippen molar-refractivity contribution in [2.75, 3.05) is 18.0 Å². The second kappa shape index (κ2) is 4.02. The van der Waals surface area contributed by atoms with Crippen LogP contribution in [0.25, 0.3) is 0 Å². The Bertz CT molecular complexity index is 497. The van der Waals surface area contributed by atoms with E-state index in [1.807, 2.05) is 12.1 Å². The van der Waals surface area contributed by atoms with Gasteiger partial charge in [-0.3, -0.25) is 0 Å². The summed E-state index contributed by atoms with van der Waals surface area (Å²) in [7, 11) is -3.02. The number of hydrogen-bond acceptors (Lipinski definition) is 3. The molecule has 1 aliphatic heterocycles. The van der Waals surface area contributed by atoms with Gasteiger partial charge in [-0.05, 0) is 49.9 Å². The topological polar surface area (TPSA) is 37.4 Å². The van der Waals surface area contributed by atoms with E-state index in [9.17, 15) is 8.42 Å². The largest absolute Gasteiger partial charge is 0.372 e. The Morgan fingerprint density at radius 1 is 1.00 bits per heavy atom. The van der Waals surface area contributed by atoms with Gasteiger partial charge in [-0.25, -0.2) is 8.42 Å². The maximum Gasteiger partial charge on any atom is 0.181 e. The molecule has 1 aromatic rings. The minimum Gasteiger partial charge on any atom is -0.372 e. The zero-order valence-corrected chi connectivity index (χ0v) is 10.6. The van der Waals surface area contributed by atoms with Crippen molar-refractivity contribution in [3.05, 3.63) is 24.3 Å². The molecule has 3 nitrogen and oxygen atoms in total. The molecule has 0 N–H and O–H groups in total. The van der Waals surface area contributed by atoms with Crippen LogP contribution < -0.4 is 4.90 Å². The summed E-state index contributed by atoms with van der Waals surface area (Å²) in [6, 6.07) is 7.42. The number of nitrogens with zero attached hydrogens (tertiary/aromatic N) is 1. The standard InChI is InChI=1S/C13H17NO2S/c15-17(16,13-7-8-13)12-5-3-11(4-6-12)14-9-1-2-10-14/h3-6,13H,1-2,7-10H2. The first-order valence-corrected chi connectivity index (χ1v) is 7.81. The Morgan fingerprint density at radius 3 is 2.12 bits per heavy atom. The average Bonchev–Trinajstić information content (AvgIpc) is 3.07. The zero-order chi connectivity index (χ0) is 11.9. The summed E-state index contributed by atoms with van der Waals surface area (Å²) in [6.45, 7) is 2.18. The summed E-state index contributed by atoms with van der Waals surface area (Å²) in [5.74, 6) is 0. The second-order valence-corrected chi connectivity index (χ2v) is 7.16. The van der Waals surface area contributed by atoms with Gasteiger partial charge in [0, 0.05) is 18.8 Å². The van der Waals surface area contributed by atoms with Gasteiger partial charge in [0.2, 0.25) is 0 Å². The van der Waals surface area contributed by atoms with E-state index in [0.717, 1.165) is 31.6 Å². The summed E-state index contributed by atoms with van der Waals surface area (Å²) in [4.78, 5) is 2.80. The van der Waals surface area contributed by atoms with Crippen LogP contribution in [0.1, 0.15) is 25.7 Å². The van der Waals surface area contributed by atoms with E-state index in [4.69, 9.17) is 0 Å². The van der Waals surface area contributed by atoms with Crippen molar-refractivity contribution >= 4 is 15.5 Å². The van der Waals surface area contributed by atoms with Crippen molar-refractivity contribution in [2.24, 2.45) is 0 Å². The number of benzene rings is 1. The Hall–Kier alpha value is -1.03. The minimum atomic E-state index is -3.02. The second-order valence-electron chi connectivity index (χ2n) is 4.93. The molecule has 1 heterocycles. The third kappa shape index (κ3) is 2.06. The van der Waals surface area contributed by atoms with Crippen LogP contribution in [0.3, 0.4) is 0 Å². The molecule has 92 valence electrons. The minimum absolute atomic E-state index is 0.111. The van der Waals surface area contributed by atoms with E-state index in [-0.39, 0.29) is 5.25 Å². The fourth-order valence-corrected chi connectivity index (χ4v) is 4.05. The first-order valence-electron chi connectivity index (χ1n) is 6.27. The Balaban J connectivity index is 1.84. The van der Waals surface area contributed by atoms with Gasteiger partial charge in [-0.15, -0.1) is 0 Å². The lowest BCUT2D eigenvalue weighted by Crippen LogP contribution is -2.17. The lowest BCUT2D eigenvalue weighted by Gasteiger charge is -2.17. The van der Waals surface area contributed by atoms with Crippen LogP contribution in [0.15, 0.2) is 29.2 Å². The summed E-state index contributed by atoms with van der Waals surface area (Å²) in [5.41, 5.74) is 1.15. The zero-order valence-electron chi connectivity index (χ0n) is 9.80. The van der Waals surface area contributed by atoms with Crippen LogP contribution in [0.2, 0.25) is 0 Å². The molecule has 4 heteroatoms. The third-order valence-electron chi connectivity index (χ3n) is 3.60. The highest BCUT2D eigenvalue weighted by Gasteiger charge is 2.36. The summed E-state index contributed by atoms with van der Waals surface area (Å²) >= 11 is 0. The van der Waals surface area contributed by atoms with Gasteiger partial charge in [0.25, 0.3) is 0 Å². The van der Waals surface area contributed by atoms with Gasteiger partial charge in [-0.2, -0.15) is 0 Å². The Labute approximate surface area is 102 Å². The summed E-state index contributed by atoms with van der Waals surface area (Å²) < 4.78 is 24.0. The van der Waals surface area contributed by atoms with Crippen LogP contribution in [0.5, 0.6) is 0 Å². The lowest BCUT2D eigenvalue weighted by atomic mass is 10.3. The highest BCUT2D eigenvalue weighted by Crippen LogP contribution is 2.34. The number of anilines is 1. The van der Waals surface area contributed by atoms with E-state index in [1.165, 1.54) is 12.8 Å². The molecular formula is C13H17NO2S.